The summed E-state index contributed by atoms with van der Waals surface area (Å²) in [6.45, 7) is 0. The van der Waals surface area contributed by atoms with Crippen molar-refractivity contribution in [3.63, 3.8) is 0 Å². The number of nitrogens with zero attached hydrogens (tertiary/aromatic N) is 1. The van der Waals surface area contributed by atoms with E-state index in [0.717, 1.165) is 11.6 Å². The van der Waals surface area contributed by atoms with E-state index in [1.165, 1.54) is 6.07 Å². The van der Waals surface area contributed by atoms with Gasteiger partial charge in [0.2, 0.25) is 10.0 Å². The molecule has 1 amide bonds. The van der Waals surface area contributed by atoms with Crippen molar-refractivity contribution < 1.29 is 17.9 Å². The van der Waals surface area contributed by atoms with Crippen molar-refractivity contribution in [3.8, 4) is 5.75 Å². The van der Waals surface area contributed by atoms with E-state index in [1.807, 2.05) is 6.07 Å². The van der Waals surface area contributed by atoms with Gasteiger partial charge in [0.15, 0.2) is 0 Å². The Labute approximate surface area is 151 Å². The first-order valence-corrected chi connectivity index (χ1v) is 9.57. The maximum atomic E-state index is 12.6. The second-order valence-corrected chi connectivity index (χ2v) is 7.37. The van der Waals surface area contributed by atoms with Crippen molar-refractivity contribution in [2.75, 3.05) is 23.4 Å². The number of ether oxygens (including phenoxy) is 1. The van der Waals surface area contributed by atoms with Gasteiger partial charge in [-0.2, -0.15) is 0 Å². The van der Waals surface area contributed by atoms with E-state index in [-0.39, 0.29) is 5.91 Å². The molecule has 0 bridgehead atoms. The summed E-state index contributed by atoms with van der Waals surface area (Å²) in [7, 11) is -1.86. The molecule has 0 unspecified atom stereocenters. The van der Waals surface area contributed by atoms with Gasteiger partial charge in [0, 0.05) is 22.8 Å². The Hall–Kier alpha value is -3.13. The fourth-order valence-corrected chi connectivity index (χ4v) is 3.11. The number of anilines is 2. The highest BCUT2D eigenvalue weighted by molar-refractivity contribution is 7.92. The number of carbonyl (C=O) groups is 1. The molecule has 134 valence electrons. The van der Waals surface area contributed by atoms with Crippen LogP contribution in [0.15, 0.2) is 54.7 Å². The van der Waals surface area contributed by atoms with Crippen LogP contribution in [0.5, 0.6) is 5.75 Å². The van der Waals surface area contributed by atoms with Crippen molar-refractivity contribution in [1.82, 2.24) is 4.98 Å². The van der Waals surface area contributed by atoms with Crippen molar-refractivity contribution in [2.24, 2.45) is 0 Å². The number of pyridine rings is 1. The summed E-state index contributed by atoms with van der Waals surface area (Å²) < 4.78 is 30.3. The SMILES string of the molecule is COc1ccc(NC(=O)c2cccc(NS(C)(=O)=O)c2)c2cccnc12. The zero-order valence-electron chi connectivity index (χ0n) is 14.2. The number of sulfonamides is 1. The van der Waals surface area contributed by atoms with Crippen LogP contribution in [0.2, 0.25) is 0 Å². The van der Waals surface area contributed by atoms with E-state index in [1.54, 1.807) is 49.7 Å². The van der Waals surface area contributed by atoms with Crippen molar-refractivity contribution in [1.29, 1.82) is 0 Å². The summed E-state index contributed by atoms with van der Waals surface area (Å²) in [4.78, 5) is 16.9. The molecule has 0 spiro atoms. The minimum Gasteiger partial charge on any atom is -0.494 e. The Bertz CT molecular complexity index is 1080. The minimum atomic E-state index is -3.42. The lowest BCUT2D eigenvalue weighted by Gasteiger charge is -2.11. The maximum absolute atomic E-state index is 12.6. The number of hydrogen-bond acceptors (Lipinski definition) is 5. The van der Waals surface area contributed by atoms with Gasteiger partial charge in [-0.15, -0.1) is 0 Å². The molecule has 1 heterocycles. The number of fused-ring (bicyclic) bond motifs is 1. The van der Waals surface area contributed by atoms with Gasteiger partial charge in [0.05, 0.1) is 19.1 Å². The zero-order valence-corrected chi connectivity index (χ0v) is 15.0. The van der Waals surface area contributed by atoms with Crippen molar-refractivity contribution >= 4 is 38.2 Å². The third-order valence-electron chi connectivity index (χ3n) is 3.63. The molecule has 0 aliphatic heterocycles. The Morgan fingerprint density at radius 2 is 1.92 bits per heavy atom. The summed E-state index contributed by atoms with van der Waals surface area (Å²) in [6, 6.07) is 13.3. The van der Waals surface area contributed by atoms with Crippen LogP contribution in [0.3, 0.4) is 0 Å². The van der Waals surface area contributed by atoms with Crippen LogP contribution >= 0.6 is 0 Å². The first kappa shape index (κ1) is 17.7. The van der Waals surface area contributed by atoms with Gasteiger partial charge in [-0.05, 0) is 42.5 Å². The van der Waals surface area contributed by atoms with E-state index < -0.39 is 10.0 Å². The first-order valence-electron chi connectivity index (χ1n) is 7.68. The molecule has 2 N–H and O–H groups in total. The molecule has 0 radical (unpaired) electrons. The van der Waals surface area contributed by atoms with Gasteiger partial charge in [-0.3, -0.25) is 14.5 Å². The standard InChI is InChI=1S/C18H17N3O4S/c1-25-16-9-8-15(14-7-4-10-19-17(14)16)20-18(22)12-5-3-6-13(11-12)21-26(2,23)24/h3-11,21H,1-2H3,(H,20,22). The van der Waals surface area contributed by atoms with E-state index in [0.29, 0.717) is 28.2 Å². The molecule has 2 aromatic carbocycles. The van der Waals surface area contributed by atoms with Crippen LogP contribution in [-0.4, -0.2) is 32.7 Å². The number of nitrogens with one attached hydrogen (secondary N) is 2. The first-order chi connectivity index (χ1) is 12.4. The number of benzene rings is 2. The summed E-state index contributed by atoms with van der Waals surface area (Å²) in [6.07, 6.45) is 2.70. The summed E-state index contributed by atoms with van der Waals surface area (Å²) in [5.41, 5.74) is 1.87. The molecule has 1 aromatic heterocycles. The smallest absolute Gasteiger partial charge is 0.255 e. The van der Waals surface area contributed by atoms with Gasteiger partial charge >= 0.3 is 0 Å². The van der Waals surface area contributed by atoms with E-state index in [4.69, 9.17) is 4.74 Å². The number of aromatic nitrogens is 1. The molecule has 7 nitrogen and oxygen atoms in total. The average Bonchev–Trinajstić information content (AvgIpc) is 2.61. The highest BCUT2D eigenvalue weighted by Crippen LogP contribution is 2.30. The Kier molecular flexibility index (Phi) is 4.77. The fourth-order valence-electron chi connectivity index (χ4n) is 2.55. The second kappa shape index (κ2) is 7.01. The summed E-state index contributed by atoms with van der Waals surface area (Å²) >= 11 is 0. The van der Waals surface area contributed by atoms with Crippen LogP contribution in [-0.2, 0) is 10.0 Å². The quantitative estimate of drug-likeness (QED) is 0.719. The lowest BCUT2D eigenvalue weighted by atomic mass is 10.1. The van der Waals surface area contributed by atoms with Gasteiger partial charge in [-0.1, -0.05) is 6.07 Å². The van der Waals surface area contributed by atoms with Crippen LogP contribution in [0, 0.1) is 0 Å². The van der Waals surface area contributed by atoms with Crippen LogP contribution in [0.1, 0.15) is 10.4 Å². The summed E-state index contributed by atoms with van der Waals surface area (Å²) in [5, 5.41) is 3.57. The number of carbonyl (C=O) groups excluding carboxylic acids is 1. The van der Waals surface area contributed by atoms with Gasteiger partial charge < -0.3 is 10.1 Å². The molecule has 0 saturated heterocycles. The topological polar surface area (TPSA) is 97.4 Å². The van der Waals surface area contributed by atoms with Crippen molar-refractivity contribution in [3.05, 3.63) is 60.3 Å². The van der Waals surface area contributed by atoms with E-state index >= 15 is 0 Å². The molecule has 8 heteroatoms. The fraction of sp³-hybridized carbons (Fsp3) is 0.111. The average molecular weight is 371 g/mol. The molecular formula is C18H17N3O4S. The van der Waals surface area contributed by atoms with E-state index in [2.05, 4.69) is 15.0 Å². The molecular weight excluding hydrogens is 354 g/mol. The lowest BCUT2D eigenvalue weighted by molar-refractivity contribution is 0.102. The lowest BCUT2D eigenvalue weighted by Crippen LogP contribution is -2.14. The zero-order chi connectivity index (χ0) is 18.7. The normalized spacial score (nSPS) is 11.2. The van der Waals surface area contributed by atoms with Gasteiger partial charge in [0.25, 0.3) is 5.91 Å². The van der Waals surface area contributed by atoms with Crippen LogP contribution in [0.25, 0.3) is 10.9 Å². The molecule has 0 atom stereocenters. The molecule has 0 aliphatic rings. The highest BCUT2D eigenvalue weighted by atomic mass is 32.2. The predicted octanol–water partition coefficient (Wildman–Crippen LogP) is 2.87. The molecule has 0 saturated carbocycles. The maximum Gasteiger partial charge on any atom is 0.255 e. The highest BCUT2D eigenvalue weighted by Gasteiger charge is 2.12. The number of amides is 1. The van der Waals surface area contributed by atoms with Gasteiger partial charge in [0.1, 0.15) is 11.3 Å². The third kappa shape index (κ3) is 3.92. The third-order valence-corrected chi connectivity index (χ3v) is 4.24. The molecule has 3 rings (SSSR count). The Morgan fingerprint density at radius 1 is 1.12 bits per heavy atom. The molecule has 0 fully saturated rings. The van der Waals surface area contributed by atoms with Crippen LogP contribution in [0.4, 0.5) is 11.4 Å². The number of rotatable bonds is 5. The van der Waals surface area contributed by atoms with Crippen LogP contribution < -0.4 is 14.8 Å². The molecule has 26 heavy (non-hydrogen) atoms. The molecule has 3 aromatic rings. The Balaban J connectivity index is 1.92. The Morgan fingerprint density at radius 3 is 2.65 bits per heavy atom. The number of hydrogen-bond donors (Lipinski definition) is 2. The van der Waals surface area contributed by atoms with Crippen molar-refractivity contribution in [2.45, 2.75) is 0 Å². The number of methoxy groups -OCH3 is 1. The second-order valence-electron chi connectivity index (χ2n) is 5.62. The minimum absolute atomic E-state index is 0.321. The monoisotopic (exact) mass is 371 g/mol. The predicted molar refractivity (Wildman–Crippen MR) is 101 cm³/mol. The van der Waals surface area contributed by atoms with E-state index in [9.17, 15) is 13.2 Å². The van der Waals surface area contributed by atoms with Gasteiger partial charge in [-0.25, -0.2) is 8.42 Å². The largest absolute Gasteiger partial charge is 0.494 e. The molecule has 0 aliphatic carbocycles. The summed E-state index contributed by atoms with van der Waals surface area (Å²) in [5.74, 6) is 0.246.